The number of rotatable bonds is 5. The maximum Gasteiger partial charge on any atom is 0.222 e. The number of carbonyl (C=O) groups excluding carboxylic acids is 1. The van der Waals surface area contributed by atoms with Gasteiger partial charge in [-0.2, -0.15) is 0 Å². The lowest BCUT2D eigenvalue weighted by Gasteiger charge is -2.20. The van der Waals surface area contributed by atoms with E-state index in [9.17, 15) is 4.79 Å². The second kappa shape index (κ2) is 7.58. The molecule has 1 aromatic carbocycles. The van der Waals surface area contributed by atoms with E-state index in [1.807, 2.05) is 17.0 Å². The number of methoxy groups -OCH3 is 1. The van der Waals surface area contributed by atoms with E-state index in [1.54, 1.807) is 18.9 Å². The maximum atomic E-state index is 12.0. The summed E-state index contributed by atoms with van der Waals surface area (Å²) in [6.45, 7) is 4.01. The summed E-state index contributed by atoms with van der Waals surface area (Å²) in [5.74, 6) is 2.83. The zero-order valence-corrected chi connectivity index (χ0v) is 13.1. The lowest BCUT2D eigenvalue weighted by atomic mass is 10.0. The van der Waals surface area contributed by atoms with Crippen LogP contribution in [0.4, 0.5) is 0 Å². The second-order valence-electron chi connectivity index (χ2n) is 5.34. The SMILES string of the molecule is COc1ccc(SCCN2CCC(C)CCC2=O)cc1. The topological polar surface area (TPSA) is 29.5 Å². The molecule has 0 aromatic heterocycles. The molecular weight excluding hydrogens is 270 g/mol. The van der Waals surface area contributed by atoms with E-state index in [4.69, 9.17) is 4.74 Å². The third-order valence-corrected chi connectivity index (χ3v) is 4.78. The predicted octanol–water partition coefficient (Wildman–Crippen LogP) is 3.44. The zero-order valence-electron chi connectivity index (χ0n) is 12.3. The molecule has 1 amide bonds. The van der Waals surface area contributed by atoms with Crippen molar-refractivity contribution in [3.8, 4) is 5.75 Å². The average Bonchev–Trinajstić information content (AvgIpc) is 2.63. The minimum atomic E-state index is 0.324. The van der Waals surface area contributed by atoms with Gasteiger partial charge in [0.2, 0.25) is 5.91 Å². The van der Waals surface area contributed by atoms with Gasteiger partial charge in [0.05, 0.1) is 7.11 Å². The van der Waals surface area contributed by atoms with Gasteiger partial charge < -0.3 is 9.64 Å². The Labute approximate surface area is 125 Å². The number of thioether (sulfide) groups is 1. The largest absolute Gasteiger partial charge is 0.497 e. The molecule has 1 unspecified atom stereocenters. The van der Waals surface area contributed by atoms with Crippen LogP contribution in [0, 0.1) is 5.92 Å². The van der Waals surface area contributed by atoms with Gasteiger partial charge >= 0.3 is 0 Å². The molecule has 1 atom stereocenters. The average molecular weight is 293 g/mol. The summed E-state index contributed by atoms with van der Waals surface area (Å²) in [6, 6.07) is 8.08. The second-order valence-corrected chi connectivity index (χ2v) is 6.51. The van der Waals surface area contributed by atoms with Crippen LogP contribution >= 0.6 is 11.8 Å². The van der Waals surface area contributed by atoms with E-state index >= 15 is 0 Å². The zero-order chi connectivity index (χ0) is 14.4. The highest BCUT2D eigenvalue weighted by molar-refractivity contribution is 7.99. The van der Waals surface area contributed by atoms with Crippen LogP contribution in [0.25, 0.3) is 0 Å². The number of carbonyl (C=O) groups is 1. The summed E-state index contributed by atoms with van der Waals surface area (Å²) in [7, 11) is 1.67. The molecule has 1 aliphatic rings. The van der Waals surface area contributed by atoms with Crippen LogP contribution in [0.2, 0.25) is 0 Å². The number of nitrogens with zero attached hydrogens (tertiary/aromatic N) is 1. The molecule has 0 radical (unpaired) electrons. The smallest absolute Gasteiger partial charge is 0.222 e. The van der Waals surface area contributed by atoms with Crippen LogP contribution < -0.4 is 4.74 Å². The Kier molecular flexibility index (Phi) is 5.77. The monoisotopic (exact) mass is 293 g/mol. The van der Waals surface area contributed by atoms with Gasteiger partial charge in [0.15, 0.2) is 0 Å². The van der Waals surface area contributed by atoms with Gasteiger partial charge in [-0.15, -0.1) is 11.8 Å². The maximum absolute atomic E-state index is 12.0. The molecule has 1 saturated heterocycles. The molecule has 20 heavy (non-hydrogen) atoms. The van der Waals surface area contributed by atoms with Crippen molar-refractivity contribution in [2.45, 2.75) is 31.1 Å². The molecule has 0 bridgehead atoms. The van der Waals surface area contributed by atoms with Crippen molar-refractivity contribution in [1.82, 2.24) is 4.90 Å². The normalized spacial score (nSPS) is 19.8. The minimum absolute atomic E-state index is 0.324. The molecule has 0 saturated carbocycles. The minimum Gasteiger partial charge on any atom is -0.497 e. The van der Waals surface area contributed by atoms with Crippen molar-refractivity contribution < 1.29 is 9.53 Å². The van der Waals surface area contributed by atoms with Gasteiger partial charge in [0.25, 0.3) is 0 Å². The van der Waals surface area contributed by atoms with Crippen LogP contribution in [-0.4, -0.2) is 36.8 Å². The fourth-order valence-corrected chi connectivity index (χ4v) is 3.23. The highest BCUT2D eigenvalue weighted by atomic mass is 32.2. The highest BCUT2D eigenvalue weighted by Crippen LogP contribution is 2.22. The van der Waals surface area contributed by atoms with Gasteiger partial charge in [0, 0.05) is 30.2 Å². The lowest BCUT2D eigenvalue weighted by molar-refractivity contribution is -0.130. The van der Waals surface area contributed by atoms with Crippen LogP contribution in [0.3, 0.4) is 0 Å². The molecule has 4 heteroatoms. The first kappa shape index (κ1) is 15.2. The van der Waals surface area contributed by atoms with Crippen LogP contribution in [-0.2, 0) is 4.79 Å². The van der Waals surface area contributed by atoms with E-state index in [1.165, 1.54) is 4.90 Å². The van der Waals surface area contributed by atoms with Crippen LogP contribution in [0.5, 0.6) is 5.75 Å². The molecule has 1 aromatic rings. The molecule has 2 rings (SSSR count). The number of hydrogen-bond donors (Lipinski definition) is 0. The summed E-state index contributed by atoms with van der Waals surface area (Å²) < 4.78 is 5.14. The molecular formula is C16H23NO2S. The number of hydrogen-bond acceptors (Lipinski definition) is 3. The number of ether oxygens (including phenoxy) is 1. The number of amides is 1. The van der Waals surface area contributed by atoms with E-state index in [-0.39, 0.29) is 0 Å². The van der Waals surface area contributed by atoms with Gasteiger partial charge in [-0.05, 0) is 43.0 Å². The van der Waals surface area contributed by atoms with Crippen molar-refractivity contribution in [3.63, 3.8) is 0 Å². The van der Waals surface area contributed by atoms with Gasteiger partial charge in [-0.25, -0.2) is 0 Å². The molecule has 0 aliphatic carbocycles. The number of likely N-dealkylation sites (tertiary alicyclic amines) is 1. The Morgan fingerprint density at radius 3 is 2.75 bits per heavy atom. The van der Waals surface area contributed by atoms with Crippen molar-refractivity contribution in [2.24, 2.45) is 5.92 Å². The van der Waals surface area contributed by atoms with Crippen molar-refractivity contribution in [3.05, 3.63) is 24.3 Å². The molecule has 0 spiro atoms. The lowest BCUT2D eigenvalue weighted by Crippen LogP contribution is -2.32. The number of benzene rings is 1. The third kappa shape index (κ3) is 4.44. The third-order valence-electron chi connectivity index (χ3n) is 3.78. The van der Waals surface area contributed by atoms with Gasteiger partial charge in [-0.3, -0.25) is 4.79 Å². The Bertz CT molecular complexity index is 433. The van der Waals surface area contributed by atoms with E-state index in [0.717, 1.165) is 37.4 Å². The Morgan fingerprint density at radius 2 is 2.05 bits per heavy atom. The fraction of sp³-hybridized carbons (Fsp3) is 0.562. The van der Waals surface area contributed by atoms with Gasteiger partial charge in [0.1, 0.15) is 5.75 Å². The Balaban J connectivity index is 1.78. The van der Waals surface area contributed by atoms with E-state index < -0.39 is 0 Å². The summed E-state index contributed by atoms with van der Waals surface area (Å²) in [5, 5.41) is 0. The van der Waals surface area contributed by atoms with Crippen LogP contribution in [0.1, 0.15) is 26.2 Å². The quantitative estimate of drug-likeness (QED) is 0.779. The first-order valence-electron chi connectivity index (χ1n) is 7.23. The fourth-order valence-electron chi connectivity index (χ4n) is 2.36. The first-order valence-corrected chi connectivity index (χ1v) is 8.22. The Morgan fingerprint density at radius 1 is 1.30 bits per heavy atom. The van der Waals surface area contributed by atoms with Crippen molar-refractivity contribution in [2.75, 3.05) is 26.0 Å². The molecule has 110 valence electrons. The van der Waals surface area contributed by atoms with Gasteiger partial charge in [-0.1, -0.05) is 6.92 Å². The molecule has 1 aliphatic heterocycles. The summed E-state index contributed by atoms with van der Waals surface area (Å²) in [6.07, 6.45) is 2.90. The van der Waals surface area contributed by atoms with E-state index in [2.05, 4.69) is 19.1 Å². The molecule has 1 fully saturated rings. The van der Waals surface area contributed by atoms with Crippen molar-refractivity contribution in [1.29, 1.82) is 0 Å². The first-order chi connectivity index (χ1) is 9.69. The van der Waals surface area contributed by atoms with Crippen LogP contribution in [0.15, 0.2) is 29.2 Å². The predicted molar refractivity (Wildman–Crippen MR) is 83.3 cm³/mol. The molecule has 1 heterocycles. The molecule has 3 nitrogen and oxygen atoms in total. The summed E-state index contributed by atoms with van der Waals surface area (Å²) >= 11 is 1.79. The summed E-state index contributed by atoms with van der Waals surface area (Å²) in [4.78, 5) is 15.2. The van der Waals surface area contributed by atoms with Crippen molar-refractivity contribution >= 4 is 17.7 Å². The van der Waals surface area contributed by atoms with E-state index in [0.29, 0.717) is 18.2 Å². The Hall–Kier alpha value is -1.16. The standard InChI is InChI=1S/C16H23NO2S/c1-13-3-8-16(18)17(10-9-13)11-12-20-15-6-4-14(19-2)5-7-15/h4-7,13H,3,8-12H2,1-2H3. The highest BCUT2D eigenvalue weighted by Gasteiger charge is 2.19. The summed E-state index contributed by atoms with van der Waals surface area (Å²) in [5.41, 5.74) is 0. The molecule has 0 N–H and O–H groups in total.